The van der Waals surface area contributed by atoms with Crippen LogP contribution in [-0.2, 0) is 14.3 Å². The molecule has 0 radical (unpaired) electrons. The summed E-state index contributed by atoms with van der Waals surface area (Å²) in [7, 11) is 0. The van der Waals surface area contributed by atoms with E-state index < -0.39 is 5.97 Å². The molecule has 4 nitrogen and oxygen atoms in total. The second kappa shape index (κ2) is 8.73. The Labute approximate surface area is 114 Å². The van der Waals surface area contributed by atoms with E-state index in [4.69, 9.17) is 9.84 Å². The largest absolute Gasteiger partial charge is 0.481 e. The first-order valence-corrected chi connectivity index (χ1v) is 7.19. The molecule has 0 amide bonds. The smallest absolute Gasteiger partial charge is 0.308 e. The summed E-state index contributed by atoms with van der Waals surface area (Å²) >= 11 is 0. The molecule has 1 fully saturated rings. The number of rotatable bonds is 7. The van der Waals surface area contributed by atoms with Gasteiger partial charge in [0.1, 0.15) is 0 Å². The van der Waals surface area contributed by atoms with E-state index in [1.807, 2.05) is 6.92 Å². The predicted octanol–water partition coefficient (Wildman–Crippen LogP) is 3.31. The Hall–Kier alpha value is -1.32. The van der Waals surface area contributed by atoms with Gasteiger partial charge in [0.25, 0.3) is 0 Å². The summed E-state index contributed by atoms with van der Waals surface area (Å²) in [4.78, 5) is 21.9. The minimum absolute atomic E-state index is 0.0528. The third-order valence-corrected chi connectivity index (χ3v) is 3.53. The van der Waals surface area contributed by atoms with Crippen molar-refractivity contribution in [2.24, 2.45) is 5.92 Å². The fourth-order valence-corrected chi connectivity index (χ4v) is 2.42. The van der Waals surface area contributed by atoms with Crippen molar-refractivity contribution in [2.45, 2.75) is 58.3 Å². The highest BCUT2D eigenvalue weighted by Gasteiger charge is 2.23. The summed E-state index contributed by atoms with van der Waals surface area (Å²) in [5, 5.41) is 8.53. The Morgan fingerprint density at radius 1 is 1.32 bits per heavy atom. The van der Waals surface area contributed by atoms with Crippen LogP contribution >= 0.6 is 0 Å². The van der Waals surface area contributed by atoms with Crippen LogP contribution in [0.1, 0.15) is 58.3 Å². The molecule has 4 heteroatoms. The van der Waals surface area contributed by atoms with Gasteiger partial charge in [0.05, 0.1) is 12.5 Å². The van der Waals surface area contributed by atoms with Crippen LogP contribution in [0.5, 0.6) is 0 Å². The minimum Gasteiger partial charge on any atom is -0.481 e. The summed E-state index contributed by atoms with van der Waals surface area (Å²) in [5.41, 5.74) is 1.41. The topological polar surface area (TPSA) is 63.6 Å². The zero-order valence-corrected chi connectivity index (χ0v) is 11.7. The summed E-state index contributed by atoms with van der Waals surface area (Å²) in [6.45, 7) is 2.30. The summed E-state index contributed by atoms with van der Waals surface area (Å²) in [6.07, 6.45) is 8.83. The van der Waals surface area contributed by atoms with Gasteiger partial charge >= 0.3 is 11.9 Å². The van der Waals surface area contributed by atoms with Gasteiger partial charge in [-0.15, -0.1) is 0 Å². The quantitative estimate of drug-likeness (QED) is 0.437. The highest BCUT2D eigenvalue weighted by Crippen LogP contribution is 2.29. The molecule has 1 aliphatic carbocycles. The number of carboxylic acid groups (broad SMARTS) is 1. The molecular weight excluding hydrogens is 244 g/mol. The molecule has 1 saturated carbocycles. The molecule has 1 N–H and O–H groups in total. The molecule has 0 aromatic carbocycles. The molecular formula is C15H24O4. The number of allylic oxidation sites excluding steroid dienone is 2. The van der Waals surface area contributed by atoms with Crippen LogP contribution in [0.2, 0.25) is 0 Å². The lowest BCUT2D eigenvalue weighted by Crippen LogP contribution is -2.21. The Balaban J connectivity index is 2.18. The third-order valence-electron chi connectivity index (χ3n) is 3.53. The number of carboxylic acids is 1. The second-order valence-corrected chi connectivity index (χ2v) is 5.03. The van der Waals surface area contributed by atoms with Crippen molar-refractivity contribution in [3.8, 4) is 0 Å². The van der Waals surface area contributed by atoms with E-state index in [-0.39, 0.29) is 18.3 Å². The molecule has 0 saturated heterocycles. The van der Waals surface area contributed by atoms with E-state index in [9.17, 15) is 9.59 Å². The molecule has 0 aliphatic heterocycles. The van der Waals surface area contributed by atoms with Crippen molar-refractivity contribution in [1.82, 2.24) is 0 Å². The maximum absolute atomic E-state index is 11.6. The van der Waals surface area contributed by atoms with Gasteiger partial charge in [0, 0.05) is 6.42 Å². The van der Waals surface area contributed by atoms with Gasteiger partial charge in [-0.25, -0.2) is 0 Å². The van der Waals surface area contributed by atoms with Gasteiger partial charge in [0.2, 0.25) is 0 Å². The number of carbonyl (C=O) groups is 2. The lowest BCUT2D eigenvalue weighted by Gasteiger charge is -2.22. The van der Waals surface area contributed by atoms with Crippen molar-refractivity contribution < 1.29 is 19.4 Å². The van der Waals surface area contributed by atoms with E-state index in [2.05, 4.69) is 6.08 Å². The summed E-state index contributed by atoms with van der Waals surface area (Å²) in [6, 6.07) is 0. The first-order valence-electron chi connectivity index (χ1n) is 7.19. The SMILES string of the molecule is CCOC(=O)C1CCC(=CCCCCC(=O)O)CC1. The molecule has 108 valence electrons. The zero-order chi connectivity index (χ0) is 14.1. The van der Waals surface area contributed by atoms with E-state index in [1.165, 1.54) is 5.57 Å². The Kier molecular flexibility index (Phi) is 7.23. The molecule has 0 spiro atoms. The van der Waals surface area contributed by atoms with E-state index in [0.717, 1.165) is 44.9 Å². The Morgan fingerprint density at radius 2 is 2.00 bits per heavy atom. The van der Waals surface area contributed by atoms with Crippen LogP contribution in [0.15, 0.2) is 11.6 Å². The standard InChI is InChI=1S/C15H24O4/c1-2-19-15(18)13-10-8-12(9-11-13)6-4-3-5-7-14(16)17/h6,13H,2-5,7-11H2,1H3,(H,16,17). The van der Waals surface area contributed by atoms with Crippen molar-refractivity contribution in [2.75, 3.05) is 6.61 Å². The lowest BCUT2D eigenvalue weighted by molar-refractivity contribution is -0.148. The van der Waals surface area contributed by atoms with Crippen molar-refractivity contribution in [1.29, 1.82) is 0 Å². The van der Waals surface area contributed by atoms with Crippen molar-refractivity contribution in [3.05, 3.63) is 11.6 Å². The number of esters is 1. The van der Waals surface area contributed by atoms with Gasteiger partial charge in [-0.2, -0.15) is 0 Å². The fraction of sp³-hybridized carbons (Fsp3) is 0.733. The molecule has 0 atom stereocenters. The molecule has 0 heterocycles. The van der Waals surface area contributed by atoms with Crippen LogP contribution in [0.25, 0.3) is 0 Å². The Morgan fingerprint density at radius 3 is 2.58 bits per heavy atom. The number of unbranched alkanes of at least 4 members (excludes halogenated alkanes) is 2. The molecule has 19 heavy (non-hydrogen) atoms. The summed E-state index contributed by atoms with van der Waals surface area (Å²) in [5.74, 6) is -0.699. The number of hydrogen-bond acceptors (Lipinski definition) is 3. The molecule has 1 aliphatic rings. The molecule has 0 bridgehead atoms. The van der Waals surface area contributed by atoms with Gasteiger partial charge in [-0.3, -0.25) is 9.59 Å². The van der Waals surface area contributed by atoms with E-state index >= 15 is 0 Å². The van der Waals surface area contributed by atoms with E-state index in [0.29, 0.717) is 6.61 Å². The highest BCUT2D eigenvalue weighted by atomic mass is 16.5. The van der Waals surface area contributed by atoms with Gasteiger partial charge in [-0.1, -0.05) is 11.6 Å². The zero-order valence-electron chi connectivity index (χ0n) is 11.7. The van der Waals surface area contributed by atoms with Gasteiger partial charge < -0.3 is 9.84 Å². The second-order valence-electron chi connectivity index (χ2n) is 5.03. The van der Waals surface area contributed by atoms with Crippen molar-refractivity contribution in [3.63, 3.8) is 0 Å². The maximum atomic E-state index is 11.6. The third kappa shape index (κ3) is 6.41. The van der Waals surface area contributed by atoms with Crippen LogP contribution in [0.3, 0.4) is 0 Å². The summed E-state index contributed by atoms with van der Waals surface area (Å²) < 4.78 is 5.04. The van der Waals surface area contributed by atoms with E-state index in [1.54, 1.807) is 0 Å². The van der Waals surface area contributed by atoms with Crippen LogP contribution in [0, 0.1) is 5.92 Å². The number of carbonyl (C=O) groups excluding carboxylic acids is 1. The van der Waals surface area contributed by atoms with Crippen LogP contribution in [-0.4, -0.2) is 23.7 Å². The number of hydrogen-bond donors (Lipinski definition) is 1. The van der Waals surface area contributed by atoms with Crippen LogP contribution < -0.4 is 0 Å². The molecule has 0 aromatic rings. The average molecular weight is 268 g/mol. The first kappa shape index (κ1) is 15.7. The fourth-order valence-electron chi connectivity index (χ4n) is 2.42. The molecule has 0 unspecified atom stereocenters. The number of ether oxygens (including phenoxy) is 1. The average Bonchev–Trinajstić information content (AvgIpc) is 2.39. The van der Waals surface area contributed by atoms with Crippen molar-refractivity contribution >= 4 is 11.9 Å². The highest BCUT2D eigenvalue weighted by molar-refractivity contribution is 5.72. The molecule has 0 aromatic heterocycles. The molecule has 1 rings (SSSR count). The minimum atomic E-state index is -0.720. The van der Waals surface area contributed by atoms with Crippen LogP contribution in [0.4, 0.5) is 0 Å². The first-order chi connectivity index (χ1) is 9.13. The maximum Gasteiger partial charge on any atom is 0.308 e. The lowest BCUT2D eigenvalue weighted by atomic mass is 9.85. The monoisotopic (exact) mass is 268 g/mol. The Bertz CT molecular complexity index is 323. The normalized spacial score (nSPS) is 19.0. The number of aliphatic carboxylic acids is 1. The predicted molar refractivity (Wildman–Crippen MR) is 72.8 cm³/mol. The van der Waals surface area contributed by atoms with Gasteiger partial charge in [-0.05, 0) is 51.9 Å². The van der Waals surface area contributed by atoms with Gasteiger partial charge in [0.15, 0.2) is 0 Å².